The van der Waals surface area contributed by atoms with Gasteiger partial charge in [-0.3, -0.25) is 4.79 Å². The molecule has 0 saturated heterocycles. The number of hydrogen-bond donors (Lipinski definition) is 2. The van der Waals surface area contributed by atoms with Gasteiger partial charge in [-0.1, -0.05) is 0 Å². The lowest BCUT2D eigenvalue weighted by Crippen LogP contribution is -2.04. The number of carboxylic acid groups (broad SMARTS) is 1. The number of benzene rings is 1. The largest absolute Gasteiger partial charge is 0.502 e. The summed E-state index contributed by atoms with van der Waals surface area (Å²) in [5, 5.41) is 17.0. The van der Waals surface area contributed by atoms with Crippen LogP contribution in [0, 0.1) is 11.6 Å². The average Bonchev–Trinajstić information content (AvgIpc) is 2.15. The number of carboxylic acids is 1. The molecular weight excluding hydrogens is 222 g/mol. The fraction of sp³-hybridized carbons (Fsp3) is 0. The van der Waals surface area contributed by atoms with Crippen molar-refractivity contribution >= 4 is 11.8 Å². The van der Waals surface area contributed by atoms with Gasteiger partial charge in [0, 0.05) is 17.7 Å². The summed E-state index contributed by atoms with van der Waals surface area (Å²) in [4.78, 5) is 21.4. The predicted octanol–water partition coefficient (Wildman–Crippen LogP) is 1.67. The second-order valence-electron chi connectivity index (χ2n) is 2.86. The molecule has 2 N–H and O–H groups in total. The zero-order chi connectivity index (χ0) is 12.3. The first-order valence-electron chi connectivity index (χ1n) is 4.04. The number of rotatable bonds is 3. The predicted molar refractivity (Wildman–Crippen MR) is 49.0 cm³/mol. The van der Waals surface area contributed by atoms with Gasteiger partial charge in [0.2, 0.25) is 5.76 Å². The fourth-order valence-corrected chi connectivity index (χ4v) is 0.965. The first-order valence-corrected chi connectivity index (χ1v) is 4.04. The van der Waals surface area contributed by atoms with Gasteiger partial charge in [-0.15, -0.1) is 0 Å². The van der Waals surface area contributed by atoms with Gasteiger partial charge in [0.15, 0.2) is 5.78 Å². The van der Waals surface area contributed by atoms with Crippen molar-refractivity contribution < 1.29 is 28.6 Å². The van der Waals surface area contributed by atoms with Crippen LogP contribution in [0.3, 0.4) is 0 Å². The number of hydrogen-bond acceptors (Lipinski definition) is 3. The highest BCUT2D eigenvalue weighted by Crippen LogP contribution is 2.09. The van der Waals surface area contributed by atoms with Crippen molar-refractivity contribution in [3.05, 3.63) is 47.2 Å². The van der Waals surface area contributed by atoms with Crippen molar-refractivity contribution in [2.24, 2.45) is 0 Å². The van der Waals surface area contributed by atoms with Gasteiger partial charge in [-0.2, -0.15) is 0 Å². The summed E-state index contributed by atoms with van der Waals surface area (Å²) < 4.78 is 25.4. The number of carbonyl (C=O) groups is 2. The molecule has 0 bridgehead atoms. The standard InChI is InChI=1S/C10H6F2O4/c11-6-1-5(2-7(12)3-6)8(13)4-9(14)10(15)16/h1-4,14H,(H,15,16). The number of aliphatic carboxylic acids is 1. The Morgan fingerprint density at radius 3 is 2.00 bits per heavy atom. The van der Waals surface area contributed by atoms with Crippen LogP contribution in [-0.2, 0) is 4.79 Å². The van der Waals surface area contributed by atoms with E-state index in [9.17, 15) is 18.4 Å². The summed E-state index contributed by atoms with van der Waals surface area (Å²) in [6.07, 6.45) is 0.372. The molecule has 16 heavy (non-hydrogen) atoms. The Balaban J connectivity index is 3.06. The van der Waals surface area contributed by atoms with Gasteiger partial charge in [-0.05, 0) is 12.1 Å². The van der Waals surface area contributed by atoms with Gasteiger partial charge in [0.05, 0.1) is 0 Å². The van der Waals surface area contributed by atoms with E-state index < -0.39 is 29.1 Å². The van der Waals surface area contributed by atoms with E-state index in [1.54, 1.807) is 0 Å². The topological polar surface area (TPSA) is 74.6 Å². The van der Waals surface area contributed by atoms with E-state index in [1.165, 1.54) is 0 Å². The molecule has 0 aliphatic carbocycles. The Morgan fingerprint density at radius 1 is 1.06 bits per heavy atom. The molecule has 84 valence electrons. The van der Waals surface area contributed by atoms with E-state index in [2.05, 4.69) is 0 Å². The van der Waals surface area contributed by atoms with Crippen molar-refractivity contribution in [2.75, 3.05) is 0 Å². The van der Waals surface area contributed by atoms with Crippen LogP contribution in [0.5, 0.6) is 0 Å². The average molecular weight is 228 g/mol. The third kappa shape index (κ3) is 2.88. The second-order valence-corrected chi connectivity index (χ2v) is 2.86. The van der Waals surface area contributed by atoms with Gasteiger partial charge in [0.25, 0.3) is 0 Å². The van der Waals surface area contributed by atoms with Gasteiger partial charge >= 0.3 is 5.97 Å². The Kier molecular flexibility index (Phi) is 3.34. The number of ketones is 1. The van der Waals surface area contributed by atoms with Crippen LogP contribution in [0.25, 0.3) is 0 Å². The van der Waals surface area contributed by atoms with E-state index in [0.29, 0.717) is 12.1 Å². The van der Waals surface area contributed by atoms with Gasteiger partial charge in [0.1, 0.15) is 11.6 Å². The molecule has 1 aromatic carbocycles. The first-order chi connectivity index (χ1) is 7.40. The first kappa shape index (κ1) is 11.8. The molecular formula is C10H6F2O4. The van der Waals surface area contributed by atoms with Crippen molar-refractivity contribution in [3.8, 4) is 0 Å². The molecule has 4 nitrogen and oxygen atoms in total. The highest BCUT2D eigenvalue weighted by molar-refractivity contribution is 6.07. The minimum atomic E-state index is -1.70. The number of aliphatic hydroxyl groups excluding tert-OH is 1. The van der Waals surface area contributed by atoms with Crippen LogP contribution < -0.4 is 0 Å². The molecule has 0 heterocycles. The molecule has 1 aromatic rings. The molecule has 0 aliphatic rings. The van der Waals surface area contributed by atoms with Crippen LogP contribution >= 0.6 is 0 Å². The highest BCUT2D eigenvalue weighted by Gasteiger charge is 2.11. The third-order valence-corrected chi connectivity index (χ3v) is 1.63. The molecule has 0 atom stereocenters. The molecule has 0 aliphatic heterocycles. The molecule has 0 aromatic heterocycles. The molecule has 0 unspecified atom stereocenters. The summed E-state index contributed by atoms with van der Waals surface area (Å²) in [6.45, 7) is 0. The fourth-order valence-electron chi connectivity index (χ4n) is 0.965. The van der Waals surface area contributed by atoms with E-state index in [0.717, 1.165) is 12.1 Å². The maximum Gasteiger partial charge on any atom is 0.371 e. The quantitative estimate of drug-likeness (QED) is 0.468. The van der Waals surface area contributed by atoms with Crippen LogP contribution in [0.4, 0.5) is 8.78 Å². The van der Waals surface area contributed by atoms with Crippen molar-refractivity contribution in [3.63, 3.8) is 0 Å². The Labute approximate surface area is 88.4 Å². The number of carbonyl (C=O) groups excluding carboxylic acids is 1. The molecule has 0 saturated carbocycles. The summed E-state index contributed by atoms with van der Waals surface area (Å²) in [7, 11) is 0. The van der Waals surface area contributed by atoms with Crippen molar-refractivity contribution in [2.45, 2.75) is 0 Å². The zero-order valence-electron chi connectivity index (χ0n) is 7.78. The lowest BCUT2D eigenvalue weighted by Gasteiger charge is -1.97. The lowest BCUT2D eigenvalue weighted by atomic mass is 10.1. The van der Waals surface area contributed by atoms with E-state index in [4.69, 9.17) is 10.2 Å². The third-order valence-electron chi connectivity index (χ3n) is 1.63. The summed E-state index contributed by atoms with van der Waals surface area (Å²) >= 11 is 0. The SMILES string of the molecule is O=C(O)C(O)=CC(=O)c1cc(F)cc(F)c1. The number of aliphatic hydroxyl groups is 1. The molecule has 6 heteroatoms. The van der Waals surface area contributed by atoms with Gasteiger partial charge < -0.3 is 10.2 Å². The van der Waals surface area contributed by atoms with Crippen LogP contribution in [0.15, 0.2) is 30.0 Å². The summed E-state index contributed by atoms with van der Waals surface area (Å²) in [5.41, 5.74) is -0.384. The minimum absolute atomic E-state index is 0.372. The summed E-state index contributed by atoms with van der Waals surface area (Å²) in [6, 6.07) is 2.03. The molecule has 0 radical (unpaired) electrons. The molecule has 1 rings (SSSR count). The number of allylic oxidation sites excluding steroid dienone is 1. The normalized spacial score (nSPS) is 11.2. The van der Waals surface area contributed by atoms with Gasteiger partial charge in [-0.25, -0.2) is 13.6 Å². The zero-order valence-corrected chi connectivity index (χ0v) is 7.78. The number of halogens is 2. The second kappa shape index (κ2) is 4.52. The van der Waals surface area contributed by atoms with E-state index in [-0.39, 0.29) is 5.56 Å². The monoisotopic (exact) mass is 228 g/mol. The minimum Gasteiger partial charge on any atom is -0.502 e. The van der Waals surface area contributed by atoms with E-state index in [1.807, 2.05) is 0 Å². The summed E-state index contributed by atoms with van der Waals surface area (Å²) in [5.74, 6) is -5.84. The van der Waals surface area contributed by atoms with Crippen LogP contribution in [0.1, 0.15) is 10.4 Å². The maximum atomic E-state index is 12.7. The van der Waals surface area contributed by atoms with Crippen LogP contribution in [0.2, 0.25) is 0 Å². The van der Waals surface area contributed by atoms with E-state index >= 15 is 0 Å². The van der Waals surface area contributed by atoms with Crippen molar-refractivity contribution in [1.29, 1.82) is 0 Å². The Bertz CT molecular complexity index is 459. The van der Waals surface area contributed by atoms with Crippen molar-refractivity contribution in [1.82, 2.24) is 0 Å². The molecule has 0 spiro atoms. The Morgan fingerprint density at radius 2 is 1.56 bits per heavy atom. The lowest BCUT2D eigenvalue weighted by molar-refractivity contribution is -0.135. The highest BCUT2D eigenvalue weighted by atomic mass is 19.1. The Hall–Kier alpha value is -2.24. The van der Waals surface area contributed by atoms with Crippen LogP contribution in [-0.4, -0.2) is 22.0 Å². The molecule has 0 fully saturated rings. The smallest absolute Gasteiger partial charge is 0.371 e. The maximum absolute atomic E-state index is 12.7. The molecule has 0 amide bonds.